The highest BCUT2D eigenvalue weighted by Gasteiger charge is 2.30. The summed E-state index contributed by atoms with van der Waals surface area (Å²) in [5, 5.41) is 5.34. The molecule has 0 bridgehead atoms. The van der Waals surface area contributed by atoms with E-state index in [0.29, 0.717) is 0 Å². The summed E-state index contributed by atoms with van der Waals surface area (Å²) in [6, 6.07) is 1.79. The van der Waals surface area contributed by atoms with Gasteiger partial charge >= 0.3 is 5.97 Å². The molecular formula is C14H20N2O2S. The van der Waals surface area contributed by atoms with Gasteiger partial charge in [-0.1, -0.05) is 0 Å². The Hall–Kier alpha value is -0.910. The Morgan fingerprint density at radius 3 is 3.05 bits per heavy atom. The van der Waals surface area contributed by atoms with Crippen molar-refractivity contribution in [3.8, 4) is 0 Å². The molecule has 0 amide bonds. The number of nitrogens with one attached hydrogen (secondary N) is 1. The van der Waals surface area contributed by atoms with Crippen molar-refractivity contribution >= 4 is 17.3 Å². The van der Waals surface area contributed by atoms with E-state index >= 15 is 0 Å². The molecule has 2 aliphatic rings. The summed E-state index contributed by atoms with van der Waals surface area (Å²) in [6.45, 7) is 2.89. The third kappa shape index (κ3) is 2.83. The van der Waals surface area contributed by atoms with E-state index in [-0.39, 0.29) is 18.1 Å². The van der Waals surface area contributed by atoms with Gasteiger partial charge in [-0.2, -0.15) is 0 Å². The van der Waals surface area contributed by atoms with Crippen molar-refractivity contribution in [2.24, 2.45) is 0 Å². The molecule has 19 heavy (non-hydrogen) atoms. The van der Waals surface area contributed by atoms with E-state index in [1.807, 2.05) is 6.07 Å². The monoisotopic (exact) mass is 280 g/mol. The quantitative estimate of drug-likeness (QED) is 0.835. The summed E-state index contributed by atoms with van der Waals surface area (Å²) in [6.07, 6.45) is 3.01. The van der Waals surface area contributed by atoms with Gasteiger partial charge in [0.05, 0.1) is 0 Å². The van der Waals surface area contributed by atoms with Crippen molar-refractivity contribution < 1.29 is 9.53 Å². The zero-order chi connectivity index (χ0) is 13.2. The number of fused-ring (bicyclic) bond motifs is 1. The molecule has 0 saturated carbocycles. The lowest BCUT2D eigenvalue weighted by Gasteiger charge is -2.30. The molecule has 3 rings (SSSR count). The number of carbonyl (C=O) groups excluding carboxylic acids is 1. The van der Waals surface area contributed by atoms with Crippen molar-refractivity contribution in [2.75, 3.05) is 26.7 Å². The Balaban J connectivity index is 1.63. The minimum Gasteiger partial charge on any atom is -0.461 e. The maximum atomic E-state index is 12.3. The van der Waals surface area contributed by atoms with Crippen LogP contribution in [-0.2, 0) is 16.0 Å². The van der Waals surface area contributed by atoms with Crippen LogP contribution in [0.3, 0.4) is 0 Å². The molecule has 1 atom stereocenters. The van der Waals surface area contributed by atoms with Crippen LogP contribution in [-0.4, -0.2) is 43.7 Å². The number of piperidine rings is 1. The highest BCUT2D eigenvalue weighted by atomic mass is 32.1. The molecule has 1 aromatic rings. The predicted molar refractivity (Wildman–Crippen MR) is 75.4 cm³/mol. The topological polar surface area (TPSA) is 41.6 Å². The first-order chi connectivity index (χ1) is 9.24. The van der Waals surface area contributed by atoms with Crippen LogP contribution in [0.5, 0.6) is 0 Å². The third-order valence-corrected chi connectivity index (χ3v) is 4.97. The van der Waals surface area contributed by atoms with Gasteiger partial charge in [0, 0.05) is 24.5 Å². The Morgan fingerprint density at radius 2 is 2.26 bits per heavy atom. The van der Waals surface area contributed by atoms with Crippen molar-refractivity contribution in [3.63, 3.8) is 0 Å². The van der Waals surface area contributed by atoms with Crippen molar-refractivity contribution in [1.82, 2.24) is 10.2 Å². The average molecular weight is 280 g/mol. The SMILES string of the molecule is CN1CCC(OC(=O)C2NCCc3sccc32)CC1. The fourth-order valence-corrected chi connectivity index (χ4v) is 3.72. The fourth-order valence-electron chi connectivity index (χ4n) is 2.80. The molecule has 1 aromatic heterocycles. The largest absolute Gasteiger partial charge is 0.461 e. The Labute approximate surface area is 117 Å². The maximum Gasteiger partial charge on any atom is 0.328 e. The molecule has 1 saturated heterocycles. The molecule has 2 aliphatic heterocycles. The molecule has 1 fully saturated rings. The average Bonchev–Trinajstić information content (AvgIpc) is 2.89. The number of likely N-dealkylation sites (tertiary alicyclic amines) is 1. The molecule has 0 spiro atoms. The number of hydrogen-bond acceptors (Lipinski definition) is 5. The molecule has 4 nitrogen and oxygen atoms in total. The maximum absolute atomic E-state index is 12.3. The second kappa shape index (κ2) is 5.61. The Kier molecular flexibility index (Phi) is 3.86. The summed E-state index contributed by atoms with van der Waals surface area (Å²) in [7, 11) is 2.11. The number of rotatable bonds is 2. The van der Waals surface area contributed by atoms with Crippen LogP contribution >= 0.6 is 11.3 Å². The molecular weight excluding hydrogens is 260 g/mol. The van der Waals surface area contributed by atoms with Crippen molar-refractivity contribution in [2.45, 2.75) is 31.4 Å². The van der Waals surface area contributed by atoms with Crippen LogP contribution < -0.4 is 5.32 Å². The number of esters is 1. The summed E-state index contributed by atoms with van der Waals surface area (Å²) in [5.74, 6) is -0.103. The molecule has 0 aromatic carbocycles. The lowest BCUT2D eigenvalue weighted by molar-refractivity contribution is -0.154. The van der Waals surface area contributed by atoms with Gasteiger partial charge in [0.25, 0.3) is 0 Å². The second-order valence-corrected chi connectivity index (χ2v) is 6.38. The van der Waals surface area contributed by atoms with E-state index in [1.165, 1.54) is 4.88 Å². The second-order valence-electron chi connectivity index (χ2n) is 5.38. The fraction of sp³-hybridized carbons (Fsp3) is 0.643. The molecule has 1 N–H and O–H groups in total. The van der Waals surface area contributed by atoms with Crippen LogP contribution in [0.25, 0.3) is 0 Å². The molecule has 104 valence electrons. The molecule has 3 heterocycles. The Morgan fingerprint density at radius 1 is 1.47 bits per heavy atom. The number of thiophene rings is 1. The minimum absolute atomic E-state index is 0.0921. The van der Waals surface area contributed by atoms with Gasteiger partial charge in [-0.15, -0.1) is 11.3 Å². The highest BCUT2D eigenvalue weighted by Crippen LogP contribution is 2.29. The number of carbonyl (C=O) groups is 1. The highest BCUT2D eigenvalue weighted by molar-refractivity contribution is 7.10. The van der Waals surface area contributed by atoms with E-state index < -0.39 is 0 Å². The minimum atomic E-state index is -0.255. The van der Waals surface area contributed by atoms with E-state index in [2.05, 4.69) is 22.6 Å². The smallest absolute Gasteiger partial charge is 0.328 e. The van der Waals surface area contributed by atoms with Crippen molar-refractivity contribution in [3.05, 3.63) is 21.9 Å². The summed E-state index contributed by atoms with van der Waals surface area (Å²) in [4.78, 5) is 15.9. The van der Waals surface area contributed by atoms with Gasteiger partial charge in [-0.3, -0.25) is 0 Å². The molecule has 1 unspecified atom stereocenters. The van der Waals surface area contributed by atoms with E-state index in [9.17, 15) is 4.79 Å². The predicted octanol–water partition coefficient (Wildman–Crippen LogP) is 1.57. The lowest BCUT2D eigenvalue weighted by atomic mass is 10.0. The molecule has 5 heteroatoms. The van der Waals surface area contributed by atoms with Gasteiger partial charge in [0.15, 0.2) is 0 Å². The summed E-state index contributed by atoms with van der Waals surface area (Å²) in [5.41, 5.74) is 1.12. The van der Waals surface area contributed by atoms with Crippen LogP contribution in [0.15, 0.2) is 11.4 Å². The van der Waals surface area contributed by atoms with Crippen LogP contribution in [0.2, 0.25) is 0 Å². The van der Waals surface area contributed by atoms with Crippen LogP contribution in [0.4, 0.5) is 0 Å². The lowest BCUT2D eigenvalue weighted by Crippen LogP contribution is -2.40. The first-order valence-corrected chi connectivity index (χ1v) is 7.80. The zero-order valence-corrected chi connectivity index (χ0v) is 12.0. The van der Waals surface area contributed by atoms with Gasteiger partial charge in [-0.05, 0) is 43.3 Å². The van der Waals surface area contributed by atoms with Crippen LogP contribution in [0.1, 0.15) is 29.3 Å². The number of ether oxygens (including phenoxy) is 1. The summed E-state index contributed by atoms with van der Waals surface area (Å²) < 4.78 is 5.68. The first-order valence-electron chi connectivity index (χ1n) is 6.93. The number of hydrogen-bond donors (Lipinski definition) is 1. The normalized spacial score (nSPS) is 25.0. The molecule has 0 radical (unpaired) electrons. The molecule has 0 aliphatic carbocycles. The zero-order valence-electron chi connectivity index (χ0n) is 11.2. The first kappa shape index (κ1) is 13.1. The van der Waals surface area contributed by atoms with Gasteiger partial charge in [0.1, 0.15) is 12.1 Å². The van der Waals surface area contributed by atoms with Gasteiger partial charge < -0.3 is 15.0 Å². The van der Waals surface area contributed by atoms with E-state index in [1.54, 1.807) is 11.3 Å². The Bertz CT molecular complexity index is 452. The summed E-state index contributed by atoms with van der Waals surface area (Å²) >= 11 is 1.74. The number of nitrogens with zero attached hydrogens (tertiary/aromatic N) is 1. The third-order valence-electron chi connectivity index (χ3n) is 3.98. The van der Waals surface area contributed by atoms with Gasteiger partial charge in [0.2, 0.25) is 0 Å². The van der Waals surface area contributed by atoms with Crippen molar-refractivity contribution in [1.29, 1.82) is 0 Å². The standard InChI is InChI=1S/C14H20N2O2S/c1-16-7-3-10(4-8-16)18-14(17)13-11-5-9-19-12(11)2-6-15-13/h5,9-10,13,15H,2-4,6-8H2,1H3. The van der Waals surface area contributed by atoms with Crippen LogP contribution in [0, 0.1) is 0 Å². The van der Waals surface area contributed by atoms with Gasteiger partial charge in [-0.25, -0.2) is 4.79 Å². The van der Waals surface area contributed by atoms with E-state index in [0.717, 1.165) is 44.5 Å². The van der Waals surface area contributed by atoms with E-state index in [4.69, 9.17) is 4.74 Å².